The van der Waals surface area contributed by atoms with Crippen LogP contribution in [0.25, 0.3) is 0 Å². The number of benzene rings is 1. The van der Waals surface area contributed by atoms with Crippen LogP contribution in [0.2, 0.25) is 0 Å². The number of nitrogens with zero attached hydrogens (tertiary/aromatic N) is 2. The van der Waals surface area contributed by atoms with Crippen LogP contribution in [0, 0.1) is 11.8 Å². The van der Waals surface area contributed by atoms with E-state index in [1.165, 1.54) is 4.31 Å². The highest BCUT2D eigenvalue weighted by molar-refractivity contribution is 7.89. The highest BCUT2D eigenvalue weighted by Crippen LogP contribution is 2.25. The molecule has 2 rings (SSSR count). The standard InChI is InChI=1S/C17H26N2O3S/c1-14(2)13-18(3)17(20)15-9-11-19(12-10-15)23(21,22)16-7-5-4-6-8-16/h4-8,14-15H,9-13H2,1-3H3. The van der Waals surface area contributed by atoms with Crippen molar-refractivity contribution in [2.75, 3.05) is 26.7 Å². The maximum Gasteiger partial charge on any atom is 0.243 e. The summed E-state index contributed by atoms with van der Waals surface area (Å²) in [5.74, 6) is 0.499. The Hall–Kier alpha value is -1.40. The van der Waals surface area contributed by atoms with E-state index < -0.39 is 10.0 Å². The van der Waals surface area contributed by atoms with Gasteiger partial charge in [-0.15, -0.1) is 0 Å². The van der Waals surface area contributed by atoms with Gasteiger partial charge in [0.2, 0.25) is 15.9 Å². The normalized spacial score (nSPS) is 17.4. The molecular weight excluding hydrogens is 312 g/mol. The van der Waals surface area contributed by atoms with Crippen molar-refractivity contribution in [2.45, 2.75) is 31.6 Å². The predicted octanol–water partition coefficient (Wildman–Crippen LogP) is 2.20. The van der Waals surface area contributed by atoms with Crippen LogP contribution in [-0.2, 0) is 14.8 Å². The van der Waals surface area contributed by atoms with E-state index in [-0.39, 0.29) is 11.8 Å². The van der Waals surface area contributed by atoms with Crippen LogP contribution in [-0.4, -0.2) is 50.2 Å². The maximum atomic E-state index is 12.6. The van der Waals surface area contributed by atoms with Gasteiger partial charge >= 0.3 is 0 Å². The van der Waals surface area contributed by atoms with Crippen LogP contribution in [0.1, 0.15) is 26.7 Å². The molecule has 0 bridgehead atoms. The van der Waals surface area contributed by atoms with Crippen LogP contribution in [0.3, 0.4) is 0 Å². The molecule has 0 aromatic heterocycles. The van der Waals surface area contributed by atoms with Crippen molar-refractivity contribution in [1.82, 2.24) is 9.21 Å². The summed E-state index contributed by atoms with van der Waals surface area (Å²) in [4.78, 5) is 14.5. The highest BCUT2D eigenvalue weighted by atomic mass is 32.2. The Bertz CT molecular complexity index is 620. The molecule has 1 amide bonds. The van der Waals surface area contributed by atoms with Crippen LogP contribution < -0.4 is 0 Å². The topological polar surface area (TPSA) is 57.7 Å². The molecule has 6 heteroatoms. The lowest BCUT2D eigenvalue weighted by atomic mass is 9.96. The second-order valence-electron chi connectivity index (χ2n) is 6.60. The largest absolute Gasteiger partial charge is 0.345 e. The van der Waals surface area contributed by atoms with Crippen LogP contribution >= 0.6 is 0 Å². The second-order valence-corrected chi connectivity index (χ2v) is 8.54. The molecule has 128 valence electrons. The van der Waals surface area contributed by atoms with Crippen molar-refractivity contribution in [1.29, 1.82) is 0 Å². The van der Waals surface area contributed by atoms with Gasteiger partial charge in [-0.05, 0) is 30.9 Å². The number of rotatable bonds is 5. The lowest BCUT2D eigenvalue weighted by Crippen LogP contribution is -2.44. The summed E-state index contributed by atoms with van der Waals surface area (Å²) in [5, 5.41) is 0. The summed E-state index contributed by atoms with van der Waals surface area (Å²) >= 11 is 0. The van der Waals surface area contributed by atoms with Crippen molar-refractivity contribution in [3.63, 3.8) is 0 Å². The van der Waals surface area contributed by atoms with Gasteiger partial charge in [-0.1, -0.05) is 32.0 Å². The molecule has 1 saturated heterocycles. The first-order valence-corrected chi connectivity index (χ1v) is 9.56. The smallest absolute Gasteiger partial charge is 0.243 e. The van der Waals surface area contributed by atoms with E-state index in [1.807, 2.05) is 7.05 Å². The summed E-state index contributed by atoms with van der Waals surface area (Å²) in [7, 11) is -1.61. The zero-order chi connectivity index (χ0) is 17.0. The minimum Gasteiger partial charge on any atom is -0.345 e. The first-order chi connectivity index (χ1) is 10.8. The van der Waals surface area contributed by atoms with Gasteiger partial charge in [0.15, 0.2) is 0 Å². The van der Waals surface area contributed by atoms with E-state index >= 15 is 0 Å². The Morgan fingerprint density at radius 2 is 1.78 bits per heavy atom. The fourth-order valence-corrected chi connectivity index (χ4v) is 4.52. The Labute approximate surface area is 139 Å². The molecule has 1 heterocycles. The van der Waals surface area contributed by atoms with E-state index in [1.54, 1.807) is 35.2 Å². The van der Waals surface area contributed by atoms with Crippen molar-refractivity contribution in [3.8, 4) is 0 Å². The molecular formula is C17H26N2O3S. The fraction of sp³-hybridized carbons (Fsp3) is 0.588. The van der Waals surface area contributed by atoms with Gasteiger partial charge in [-0.25, -0.2) is 8.42 Å². The lowest BCUT2D eigenvalue weighted by Gasteiger charge is -2.33. The predicted molar refractivity (Wildman–Crippen MR) is 90.4 cm³/mol. The van der Waals surface area contributed by atoms with Gasteiger partial charge in [0, 0.05) is 32.6 Å². The molecule has 0 aliphatic carbocycles. The molecule has 1 aromatic carbocycles. The molecule has 0 atom stereocenters. The summed E-state index contributed by atoms with van der Waals surface area (Å²) < 4.78 is 26.6. The third kappa shape index (κ3) is 4.32. The number of amides is 1. The molecule has 0 radical (unpaired) electrons. The van der Waals surface area contributed by atoms with Crippen LogP contribution in [0.5, 0.6) is 0 Å². The molecule has 23 heavy (non-hydrogen) atoms. The van der Waals surface area contributed by atoms with Crippen LogP contribution in [0.15, 0.2) is 35.2 Å². The van der Waals surface area contributed by atoms with E-state index in [0.717, 1.165) is 6.54 Å². The molecule has 1 aliphatic heterocycles. The van der Waals surface area contributed by atoms with Crippen molar-refractivity contribution in [3.05, 3.63) is 30.3 Å². The highest BCUT2D eigenvalue weighted by Gasteiger charge is 2.33. The molecule has 0 N–H and O–H groups in total. The number of piperidine rings is 1. The second kappa shape index (κ2) is 7.45. The summed E-state index contributed by atoms with van der Waals surface area (Å²) in [6.07, 6.45) is 1.18. The fourth-order valence-electron chi connectivity index (χ4n) is 3.03. The quantitative estimate of drug-likeness (QED) is 0.827. The SMILES string of the molecule is CC(C)CN(C)C(=O)C1CCN(S(=O)(=O)c2ccccc2)CC1. The number of sulfonamides is 1. The Balaban J connectivity index is 1.97. The van der Waals surface area contributed by atoms with Gasteiger partial charge < -0.3 is 4.90 Å². The third-order valence-corrected chi connectivity index (χ3v) is 6.11. The number of carbonyl (C=O) groups excluding carboxylic acids is 1. The molecule has 5 nitrogen and oxygen atoms in total. The van der Waals surface area contributed by atoms with E-state index in [2.05, 4.69) is 13.8 Å². The van der Waals surface area contributed by atoms with Gasteiger partial charge in [0.1, 0.15) is 0 Å². The maximum absolute atomic E-state index is 12.6. The zero-order valence-electron chi connectivity index (χ0n) is 14.1. The van der Waals surface area contributed by atoms with Gasteiger partial charge in [-0.3, -0.25) is 4.79 Å². The first-order valence-electron chi connectivity index (χ1n) is 8.12. The minimum atomic E-state index is -3.44. The number of hydrogen-bond acceptors (Lipinski definition) is 3. The Kier molecular flexibility index (Phi) is 5.81. The molecule has 1 fully saturated rings. The monoisotopic (exact) mass is 338 g/mol. The summed E-state index contributed by atoms with van der Waals surface area (Å²) in [5.41, 5.74) is 0. The van der Waals surface area contributed by atoms with Gasteiger partial charge in [-0.2, -0.15) is 4.31 Å². The zero-order valence-corrected chi connectivity index (χ0v) is 14.9. The molecule has 0 unspecified atom stereocenters. The molecule has 1 aliphatic rings. The van der Waals surface area contributed by atoms with E-state index in [0.29, 0.717) is 36.7 Å². The van der Waals surface area contributed by atoms with Crippen molar-refractivity contribution < 1.29 is 13.2 Å². The summed E-state index contributed by atoms with van der Waals surface area (Å²) in [6.45, 7) is 5.71. The van der Waals surface area contributed by atoms with Crippen molar-refractivity contribution >= 4 is 15.9 Å². The summed E-state index contributed by atoms with van der Waals surface area (Å²) in [6, 6.07) is 8.48. The third-order valence-electron chi connectivity index (χ3n) is 4.20. The number of carbonyl (C=O) groups is 1. The van der Waals surface area contributed by atoms with Gasteiger partial charge in [0.25, 0.3) is 0 Å². The van der Waals surface area contributed by atoms with Gasteiger partial charge in [0.05, 0.1) is 4.90 Å². The molecule has 0 spiro atoms. The Morgan fingerprint density at radius 1 is 1.22 bits per heavy atom. The Morgan fingerprint density at radius 3 is 2.30 bits per heavy atom. The minimum absolute atomic E-state index is 0.0685. The molecule has 0 saturated carbocycles. The lowest BCUT2D eigenvalue weighted by molar-refractivity contribution is -0.135. The van der Waals surface area contributed by atoms with E-state index in [4.69, 9.17) is 0 Å². The van der Waals surface area contributed by atoms with Crippen LogP contribution in [0.4, 0.5) is 0 Å². The average molecular weight is 338 g/mol. The molecule has 1 aromatic rings. The first kappa shape index (κ1) is 17.9. The number of hydrogen-bond donors (Lipinski definition) is 0. The van der Waals surface area contributed by atoms with E-state index in [9.17, 15) is 13.2 Å². The van der Waals surface area contributed by atoms with Crippen molar-refractivity contribution in [2.24, 2.45) is 11.8 Å². The average Bonchev–Trinajstić information content (AvgIpc) is 2.54.